The van der Waals surface area contributed by atoms with Crippen LogP contribution in [0.1, 0.15) is 18.9 Å². The second kappa shape index (κ2) is 3.84. The van der Waals surface area contributed by atoms with Gasteiger partial charge in [0, 0.05) is 17.8 Å². The minimum absolute atomic E-state index is 0.284. The maximum atomic E-state index is 5.92. The van der Waals surface area contributed by atoms with Crippen LogP contribution in [0, 0.1) is 0 Å². The number of aromatic nitrogens is 1. The molecule has 2 nitrogen and oxygen atoms in total. The van der Waals surface area contributed by atoms with E-state index in [0.29, 0.717) is 0 Å². The van der Waals surface area contributed by atoms with Crippen LogP contribution in [0.3, 0.4) is 0 Å². The number of nitrogens with two attached hydrogens (primary N) is 1. The molecule has 0 spiro atoms. The van der Waals surface area contributed by atoms with E-state index < -0.39 is 0 Å². The summed E-state index contributed by atoms with van der Waals surface area (Å²) in [5.74, 6) is 0. The molecule has 1 unspecified atom stereocenters. The van der Waals surface area contributed by atoms with E-state index in [1.54, 1.807) is 0 Å². The normalized spacial score (nSPS) is 13.3. The number of rotatable bonds is 3. The summed E-state index contributed by atoms with van der Waals surface area (Å²) in [4.78, 5) is 3.18. The second-order valence-corrected chi connectivity index (χ2v) is 3.77. The molecule has 2 heteroatoms. The SMILES string of the molecule is CCC(N)Cc1ccc2[nH]ccc2c1. The van der Waals surface area contributed by atoms with Crippen LogP contribution < -0.4 is 5.73 Å². The van der Waals surface area contributed by atoms with Crippen molar-refractivity contribution >= 4 is 10.9 Å². The summed E-state index contributed by atoms with van der Waals surface area (Å²) in [6.07, 6.45) is 3.97. The quantitative estimate of drug-likeness (QED) is 0.763. The lowest BCUT2D eigenvalue weighted by Crippen LogP contribution is -2.21. The Hall–Kier alpha value is -1.28. The predicted octanol–water partition coefficient (Wildman–Crippen LogP) is 2.45. The first-order valence-corrected chi connectivity index (χ1v) is 5.11. The molecule has 0 amide bonds. The second-order valence-electron chi connectivity index (χ2n) is 3.77. The van der Waals surface area contributed by atoms with Gasteiger partial charge in [0.15, 0.2) is 0 Å². The summed E-state index contributed by atoms with van der Waals surface area (Å²) in [6, 6.07) is 8.85. The van der Waals surface area contributed by atoms with Crippen molar-refractivity contribution in [2.24, 2.45) is 5.73 Å². The van der Waals surface area contributed by atoms with Crippen molar-refractivity contribution in [1.82, 2.24) is 4.98 Å². The van der Waals surface area contributed by atoms with Crippen molar-refractivity contribution in [3.8, 4) is 0 Å². The fourth-order valence-electron chi connectivity index (χ4n) is 1.68. The van der Waals surface area contributed by atoms with Crippen LogP contribution in [0.4, 0.5) is 0 Å². The number of fused-ring (bicyclic) bond motifs is 1. The summed E-state index contributed by atoms with van der Waals surface area (Å²) < 4.78 is 0. The monoisotopic (exact) mass is 188 g/mol. The van der Waals surface area contributed by atoms with E-state index in [1.807, 2.05) is 6.20 Å². The Bertz CT molecular complexity index is 417. The molecule has 0 saturated heterocycles. The van der Waals surface area contributed by atoms with Gasteiger partial charge in [0.25, 0.3) is 0 Å². The molecule has 14 heavy (non-hydrogen) atoms. The third kappa shape index (κ3) is 1.80. The van der Waals surface area contributed by atoms with Crippen LogP contribution in [-0.4, -0.2) is 11.0 Å². The Morgan fingerprint density at radius 2 is 2.21 bits per heavy atom. The van der Waals surface area contributed by atoms with Gasteiger partial charge in [-0.15, -0.1) is 0 Å². The fourth-order valence-corrected chi connectivity index (χ4v) is 1.68. The smallest absolute Gasteiger partial charge is 0.0454 e. The summed E-state index contributed by atoms with van der Waals surface area (Å²) >= 11 is 0. The van der Waals surface area contributed by atoms with Crippen molar-refractivity contribution in [3.63, 3.8) is 0 Å². The van der Waals surface area contributed by atoms with Gasteiger partial charge in [-0.25, -0.2) is 0 Å². The largest absolute Gasteiger partial charge is 0.361 e. The zero-order valence-corrected chi connectivity index (χ0v) is 8.46. The van der Waals surface area contributed by atoms with Crippen LogP contribution in [0.5, 0.6) is 0 Å². The first kappa shape index (κ1) is 9.28. The highest BCUT2D eigenvalue weighted by molar-refractivity contribution is 5.79. The standard InChI is InChI=1S/C12H16N2/c1-2-11(13)8-9-3-4-12-10(7-9)5-6-14-12/h3-7,11,14H,2,8,13H2,1H3. The van der Waals surface area contributed by atoms with Crippen molar-refractivity contribution in [1.29, 1.82) is 0 Å². The molecular weight excluding hydrogens is 172 g/mol. The average molecular weight is 188 g/mol. The molecule has 0 radical (unpaired) electrons. The minimum atomic E-state index is 0.284. The van der Waals surface area contributed by atoms with E-state index in [2.05, 4.69) is 36.2 Å². The lowest BCUT2D eigenvalue weighted by molar-refractivity contribution is 0.647. The zero-order chi connectivity index (χ0) is 9.97. The maximum Gasteiger partial charge on any atom is 0.0454 e. The van der Waals surface area contributed by atoms with E-state index >= 15 is 0 Å². The lowest BCUT2D eigenvalue weighted by Gasteiger charge is -2.08. The summed E-state index contributed by atoms with van der Waals surface area (Å²) in [5, 5.41) is 1.27. The molecule has 1 aromatic carbocycles. The Labute approximate surface area is 84.1 Å². The Kier molecular flexibility index (Phi) is 2.55. The predicted molar refractivity (Wildman–Crippen MR) is 60.3 cm³/mol. The fraction of sp³-hybridized carbons (Fsp3) is 0.333. The molecule has 2 aromatic rings. The molecule has 1 heterocycles. The number of hydrogen-bond acceptors (Lipinski definition) is 1. The van der Waals surface area contributed by atoms with E-state index in [9.17, 15) is 0 Å². The third-order valence-corrected chi connectivity index (χ3v) is 2.64. The average Bonchev–Trinajstić information content (AvgIpc) is 2.64. The van der Waals surface area contributed by atoms with Crippen molar-refractivity contribution in [3.05, 3.63) is 36.0 Å². The van der Waals surface area contributed by atoms with E-state index in [4.69, 9.17) is 5.73 Å². The van der Waals surface area contributed by atoms with Crippen molar-refractivity contribution < 1.29 is 0 Å². The number of nitrogens with one attached hydrogen (secondary N) is 1. The van der Waals surface area contributed by atoms with Gasteiger partial charge in [0.1, 0.15) is 0 Å². The van der Waals surface area contributed by atoms with Crippen LogP contribution in [0.2, 0.25) is 0 Å². The van der Waals surface area contributed by atoms with E-state index in [-0.39, 0.29) is 6.04 Å². The minimum Gasteiger partial charge on any atom is -0.361 e. The highest BCUT2D eigenvalue weighted by Gasteiger charge is 2.02. The van der Waals surface area contributed by atoms with Gasteiger partial charge in [-0.2, -0.15) is 0 Å². The molecule has 0 bridgehead atoms. The molecule has 0 fully saturated rings. The Morgan fingerprint density at radius 3 is 3.00 bits per heavy atom. The molecule has 2 rings (SSSR count). The summed E-state index contributed by atoms with van der Waals surface area (Å²) in [7, 11) is 0. The lowest BCUT2D eigenvalue weighted by atomic mass is 10.0. The van der Waals surface area contributed by atoms with Gasteiger partial charge >= 0.3 is 0 Å². The van der Waals surface area contributed by atoms with Crippen LogP contribution >= 0.6 is 0 Å². The van der Waals surface area contributed by atoms with Gasteiger partial charge in [-0.1, -0.05) is 13.0 Å². The first-order valence-electron chi connectivity index (χ1n) is 5.11. The third-order valence-electron chi connectivity index (χ3n) is 2.64. The number of aromatic amines is 1. The summed E-state index contributed by atoms with van der Waals surface area (Å²) in [6.45, 7) is 2.12. The Morgan fingerprint density at radius 1 is 1.36 bits per heavy atom. The van der Waals surface area contributed by atoms with Gasteiger partial charge in [0.2, 0.25) is 0 Å². The molecule has 1 aromatic heterocycles. The first-order chi connectivity index (χ1) is 6.79. The van der Waals surface area contributed by atoms with Gasteiger partial charge in [-0.05, 0) is 42.0 Å². The molecule has 0 aliphatic rings. The molecule has 1 atom stereocenters. The van der Waals surface area contributed by atoms with Crippen molar-refractivity contribution in [2.75, 3.05) is 0 Å². The molecule has 0 saturated carbocycles. The van der Waals surface area contributed by atoms with Gasteiger partial charge in [-0.3, -0.25) is 0 Å². The summed E-state index contributed by atoms with van der Waals surface area (Å²) in [5.41, 5.74) is 8.44. The van der Waals surface area contributed by atoms with Crippen LogP contribution in [0.25, 0.3) is 10.9 Å². The van der Waals surface area contributed by atoms with Gasteiger partial charge < -0.3 is 10.7 Å². The van der Waals surface area contributed by atoms with E-state index in [1.165, 1.54) is 16.5 Å². The van der Waals surface area contributed by atoms with Crippen LogP contribution in [-0.2, 0) is 6.42 Å². The number of H-pyrrole nitrogens is 1. The number of hydrogen-bond donors (Lipinski definition) is 2. The topological polar surface area (TPSA) is 41.8 Å². The highest BCUT2D eigenvalue weighted by atomic mass is 14.7. The Balaban J connectivity index is 2.25. The molecule has 74 valence electrons. The zero-order valence-electron chi connectivity index (χ0n) is 8.46. The molecule has 0 aliphatic carbocycles. The number of benzene rings is 1. The highest BCUT2D eigenvalue weighted by Crippen LogP contribution is 2.15. The van der Waals surface area contributed by atoms with E-state index in [0.717, 1.165) is 12.8 Å². The molecular formula is C12H16N2. The maximum absolute atomic E-state index is 5.92. The van der Waals surface area contributed by atoms with Gasteiger partial charge in [0.05, 0.1) is 0 Å². The molecule has 0 aliphatic heterocycles. The van der Waals surface area contributed by atoms with Crippen LogP contribution in [0.15, 0.2) is 30.5 Å². The van der Waals surface area contributed by atoms with Crippen molar-refractivity contribution in [2.45, 2.75) is 25.8 Å². The molecule has 3 N–H and O–H groups in total.